The summed E-state index contributed by atoms with van der Waals surface area (Å²) in [5.41, 5.74) is 13.5. The third kappa shape index (κ3) is 7.57. The zero-order valence-corrected chi connectivity index (χ0v) is 21.4. The van der Waals surface area contributed by atoms with Gasteiger partial charge in [0.25, 0.3) is 0 Å². The molecule has 0 amide bonds. The number of aliphatic imine (C=N–C) groups is 1. The smallest absolute Gasteiger partial charge is 0.342 e. The fourth-order valence-corrected chi connectivity index (χ4v) is 4.45. The number of carbonyl (C=O) groups is 2. The van der Waals surface area contributed by atoms with E-state index in [9.17, 15) is 9.59 Å². The topological polar surface area (TPSA) is 117 Å². The number of ether oxygens (including phenoxy) is 2. The van der Waals surface area contributed by atoms with Gasteiger partial charge in [-0.25, -0.2) is 4.79 Å². The lowest BCUT2D eigenvalue weighted by molar-refractivity contribution is -0.140. The number of nitrogens with zero attached hydrogens (tertiary/aromatic N) is 1. The van der Waals surface area contributed by atoms with Crippen LogP contribution in [0.25, 0.3) is 11.1 Å². The van der Waals surface area contributed by atoms with Crippen LogP contribution in [-0.4, -0.2) is 24.4 Å². The van der Waals surface area contributed by atoms with Crippen LogP contribution in [0.5, 0.6) is 5.75 Å². The summed E-state index contributed by atoms with van der Waals surface area (Å²) in [5.74, 6) is -0.472. The predicted molar refractivity (Wildman–Crippen MR) is 146 cm³/mol. The normalized spacial score (nSPS) is 16.6. The third-order valence-electron chi connectivity index (χ3n) is 6.45. The molecule has 1 saturated carbocycles. The van der Waals surface area contributed by atoms with Crippen LogP contribution in [-0.2, 0) is 16.1 Å². The van der Waals surface area contributed by atoms with Crippen LogP contribution in [0.4, 0.5) is 0 Å². The van der Waals surface area contributed by atoms with Gasteiger partial charge in [0.05, 0.1) is 5.92 Å². The van der Waals surface area contributed by atoms with Gasteiger partial charge in [-0.05, 0) is 48.8 Å². The van der Waals surface area contributed by atoms with Crippen LogP contribution in [0.1, 0.15) is 41.6 Å². The van der Waals surface area contributed by atoms with Crippen molar-refractivity contribution in [3.8, 4) is 16.9 Å². The quantitative estimate of drug-likeness (QED) is 0.184. The molecule has 0 unspecified atom stereocenters. The molecule has 0 radical (unpaired) electrons. The number of para-hydroxylation sites is 1. The monoisotopic (exact) mass is 521 g/mol. The fraction of sp³-hybridized carbons (Fsp3) is 0.276. The standard InChI is InChI=1S/C29H31N3O4.ClH/c30-29(31)32-18-20-14-16-23(17-15-20)27(33)36-26-24(22-10-5-2-6-11-22)12-7-13-25(26)28(34)35-19-21-8-3-1-4-9-21;/h1-13,20,23H,14-19H2,(H4,30,31,32);1H. The predicted octanol–water partition coefficient (Wildman–Crippen LogP) is 5.12. The van der Waals surface area contributed by atoms with E-state index in [0.717, 1.165) is 24.0 Å². The Morgan fingerprint density at radius 1 is 0.838 bits per heavy atom. The van der Waals surface area contributed by atoms with E-state index in [-0.39, 0.29) is 48.2 Å². The Labute approximate surface area is 223 Å². The molecule has 1 aliphatic carbocycles. The van der Waals surface area contributed by atoms with Gasteiger partial charge in [0.2, 0.25) is 0 Å². The van der Waals surface area contributed by atoms with E-state index in [4.69, 9.17) is 20.9 Å². The number of rotatable bonds is 8. The van der Waals surface area contributed by atoms with E-state index >= 15 is 0 Å². The SMILES string of the molecule is Cl.NC(N)=NCC1CCC(C(=O)Oc2c(C(=O)OCc3ccccc3)cccc2-c2ccccc2)CC1. The van der Waals surface area contributed by atoms with Gasteiger partial charge in [0, 0.05) is 12.1 Å². The molecule has 1 fully saturated rings. The fourth-order valence-electron chi connectivity index (χ4n) is 4.45. The highest BCUT2D eigenvalue weighted by molar-refractivity contribution is 5.97. The zero-order chi connectivity index (χ0) is 25.3. The second kappa shape index (κ2) is 13.5. The largest absolute Gasteiger partial charge is 0.457 e. The van der Waals surface area contributed by atoms with Gasteiger partial charge < -0.3 is 20.9 Å². The van der Waals surface area contributed by atoms with Crippen molar-refractivity contribution in [1.82, 2.24) is 0 Å². The lowest BCUT2D eigenvalue weighted by atomic mass is 9.82. The van der Waals surface area contributed by atoms with Crippen molar-refractivity contribution in [2.24, 2.45) is 28.3 Å². The summed E-state index contributed by atoms with van der Waals surface area (Å²) in [7, 11) is 0. The van der Waals surface area contributed by atoms with Crippen molar-refractivity contribution in [3.63, 3.8) is 0 Å². The third-order valence-corrected chi connectivity index (χ3v) is 6.45. The number of hydrogen-bond acceptors (Lipinski definition) is 5. The zero-order valence-electron chi connectivity index (χ0n) is 20.5. The molecule has 8 heteroatoms. The number of carbonyl (C=O) groups excluding carboxylic acids is 2. The van der Waals surface area contributed by atoms with Crippen LogP contribution < -0.4 is 16.2 Å². The maximum absolute atomic E-state index is 13.2. The molecule has 1 aliphatic rings. The Morgan fingerprint density at radius 3 is 2.14 bits per heavy atom. The van der Waals surface area contributed by atoms with E-state index < -0.39 is 5.97 Å². The first-order chi connectivity index (χ1) is 17.5. The van der Waals surface area contributed by atoms with Crippen molar-refractivity contribution in [2.75, 3.05) is 6.54 Å². The van der Waals surface area contributed by atoms with Gasteiger partial charge in [-0.15, -0.1) is 12.4 Å². The Balaban J connectivity index is 0.00000380. The number of hydrogen-bond donors (Lipinski definition) is 2. The van der Waals surface area contributed by atoms with Crippen molar-refractivity contribution in [2.45, 2.75) is 32.3 Å². The van der Waals surface area contributed by atoms with Gasteiger partial charge in [-0.3, -0.25) is 9.79 Å². The molecular weight excluding hydrogens is 490 g/mol. The second-order valence-electron chi connectivity index (χ2n) is 9.01. The summed E-state index contributed by atoms with van der Waals surface area (Å²) in [6, 6.07) is 24.3. The molecule has 4 N–H and O–H groups in total. The van der Waals surface area contributed by atoms with Crippen molar-refractivity contribution in [3.05, 3.63) is 90.0 Å². The number of guanidine groups is 1. The minimum Gasteiger partial charge on any atom is -0.457 e. The molecule has 4 rings (SSSR count). The molecule has 7 nitrogen and oxygen atoms in total. The van der Waals surface area contributed by atoms with Crippen molar-refractivity contribution >= 4 is 30.3 Å². The minimum atomic E-state index is -0.541. The molecule has 0 aliphatic heterocycles. The van der Waals surface area contributed by atoms with Gasteiger partial charge in [-0.2, -0.15) is 0 Å². The van der Waals surface area contributed by atoms with Gasteiger partial charge in [0.1, 0.15) is 12.2 Å². The maximum atomic E-state index is 13.2. The molecule has 37 heavy (non-hydrogen) atoms. The first-order valence-electron chi connectivity index (χ1n) is 12.2. The molecule has 0 atom stereocenters. The Kier molecular flexibility index (Phi) is 10.1. The van der Waals surface area contributed by atoms with Crippen LogP contribution in [0.2, 0.25) is 0 Å². The highest BCUT2D eigenvalue weighted by Gasteiger charge is 2.30. The van der Waals surface area contributed by atoms with E-state index in [0.29, 0.717) is 30.9 Å². The summed E-state index contributed by atoms with van der Waals surface area (Å²) in [4.78, 5) is 30.4. The van der Waals surface area contributed by atoms with E-state index in [1.165, 1.54) is 0 Å². The number of esters is 2. The highest BCUT2D eigenvalue weighted by atomic mass is 35.5. The summed E-state index contributed by atoms with van der Waals surface area (Å²) < 4.78 is 11.5. The van der Waals surface area contributed by atoms with E-state index in [2.05, 4.69) is 4.99 Å². The molecule has 3 aromatic rings. The van der Waals surface area contributed by atoms with E-state index in [1.54, 1.807) is 12.1 Å². The van der Waals surface area contributed by atoms with Crippen LogP contribution >= 0.6 is 12.4 Å². The first-order valence-corrected chi connectivity index (χ1v) is 12.2. The van der Waals surface area contributed by atoms with E-state index in [1.807, 2.05) is 66.7 Å². The van der Waals surface area contributed by atoms with Crippen LogP contribution in [0, 0.1) is 11.8 Å². The lowest BCUT2D eigenvalue weighted by Gasteiger charge is -2.26. The first kappa shape index (κ1) is 27.7. The molecule has 0 heterocycles. The molecule has 194 valence electrons. The molecule has 0 bridgehead atoms. The van der Waals surface area contributed by atoms with Gasteiger partial charge in [-0.1, -0.05) is 72.8 Å². The highest BCUT2D eigenvalue weighted by Crippen LogP contribution is 2.36. The molecule has 0 aromatic heterocycles. The van der Waals surface area contributed by atoms with Crippen LogP contribution in [0.3, 0.4) is 0 Å². The molecule has 3 aromatic carbocycles. The molecule has 0 spiro atoms. The summed E-state index contributed by atoms with van der Waals surface area (Å²) in [6.45, 7) is 0.695. The number of nitrogens with two attached hydrogens (primary N) is 2. The number of benzene rings is 3. The van der Waals surface area contributed by atoms with Gasteiger partial charge in [0.15, 0.2) is 11.7 Å². The number of halogens is 1. The summed E-state index contributed by atoms with van der Waals surface area (Å²) >= 11 is 0. The Hall–Kier alpha value is -3.84. The Morgan fingerprint density at radius 2 is 1.49 bits per heavy atom. The van der Waals surface area contributed by atoms with Crippen LogP contribution in [0.15, 0.2) is 83.9 Å². The average molecular weight is 522 g/mol. The van der Waals surface area contributed by atoms with Crippen molar-refractivity contribution < 1.29 is 19.1 Å². The molecule has 0 saturated heterocycles. The maximum Gasteiger partial charge on any atom is 0.342 e. The summed E-state index contributed by atoms with van der Waals surface area (Å²) in [6.07, 6.45) is 3.04. The molecular formula is C29H32ClN3O4. The minimum absolute atomic E-state index is 0. The van der Waals surface area contributed by atoms with Gasteiger partial charge >= 0.3 is 11.9 Å². The van der Waals surface area contributed by atoms with Crippen molar-refractivity contribution in [1.29, 1.82) is 0 Å². The second-order valence-corrected chi connectivity index (χ2v) is 9.01. The Bertz CT molecular complexity index is 1210. The lowest BCUT2D eigenvalue weighted by Crippen LogP contribution is -2.28. The average Bonchev–Trinajstić information content (AvgIpc) is 2.92. The summed E-state index contributed by atoms with van der Waals surface area (Å²) in [5, 5.41) is 0.